The quantitative estimate of drug-likeness (QED) is 0.0816. The van der Waals surface area contributed by atoms with E-state index in [1.54, 1.807) is 64.0 Å². The minimum atomic E-state index is -1.98. The van der Waals surface area contributed by atoms with Crippen molar-refractivity contribution in [2.24, 2.45) is 0 Å². The maximum atomic E-state index is 5.85. The molecule has 0 saturated heterocycles. The van der Waals surface area contributed by atoms with Crippen molar-refractivity contribution in [2.45, 2.75) is 340 Å². The summed E-state index contributed by atoms with van der Waals surface area (Å²) in [6.07, 6.45) is 0. The molecule has 0 aliphatic heterocycles. The largest absolute Gasteiger partial charge is 0.421 e. The minimum absolute atomic E-state index is 0. The second kappa shape index (κ2) is 98.1. The van der Waals surface area contributed by atoms with Gasteiger partial charge in [0.25, 0.3) is 16.6 Å². The molecule has 0 amide bonds. The minimum Gasteiger partial charge on any atom is -0.421 e. The van der Waals surface area contributed by atoms with E-state index in [0.29, 0.717) is 0 Å². The van der Waals surface area contributed by atoms with Crippen LogP contribution in [0.5, 0.6) is 0 Å². The summed E-state index contributed by atoms with van der Waals surface area (Å²) < 4.78 is 58.2. The van der Waals surface area contributed by atoms with Crippen molar-refractivity contribution in [3.8, 4) is 0 Å². The van der Waals surface area contributed by atoms with Crippen LogP contribution in [0.25, 0.3) is 0 Å². The Morgan fingerprint density at radius 1 is 0.127 bits per heavy atom. The maximum absolute atomic E-state index is 5.85. The van der Waals surface area contributed by atoms with Crippen LogP contribution in [0, 0.1) is 0 Å². The van der Waals surface area contributed by atoms with Crippen molar-refractivity contribution in [3.63, 3.8) is 0 Å². The standard InChI is InChI=1S/2C14H16OSi.2C9H14OSi.7C4H12OSi.22CH4/c2*1-15-16(2,13-9-5-3-6-10-13)14-11-7-4-8-12-14;2*1-10-11(2,3)9-7-5-4-6-8-9;7*1-5-6(2,3)4;;;;;;;;;;;;;;;;;;;;;;/h2*3-12H,1-2H3;2*4-8H,1-3H3;7*1-4H3;22*1H4. The van der Waals surface area contributed by atoms with Crippen molar-refractivity contribution in [1.82, 2.24) is 0 Å². The molecular weight excluding hydrogens is 1640 g/mol. The molecular formula is C96H232O11Si11. The van der Waals surface area contributed by atoms with Gasteiger partial charge < -0.3 is 48.7 Å². The van der Waals surface area contributed by atoms with E-state index in [9.17, 15) is 0 Å². The third-order valence-corrected chi connectivity index (χ3v) is 35.8. The average Bonchev–Trinajstić information content (AvgIpc) is 0.809. The zero-order valence-corrected chi connectivity index (χ0v) is 79.3. The summed E-state index contributed by atoms with van der Waals surface area (Å²) in [5.41, 5.74) is 0. The smallest absolute Gasteiger partial charge is 0.252 e. The molecule has 11 nitrogen and oxygen atoms in total. The zero-order chi connectivity index (χ0) is 76.0. The van der Waals surface area contributed by atoms with E-state index >= 15 is 0 Å². The van der Waals surface area contributed by atoms with Gasteiger partial charge in [0.1, 0.15) is 0 Å². The van der Waals surface area contributed by atoms with Crippen molar-refractivity contribution in [2.75, 3.05) is 78.2 Å². The first-order valence-electron chi connectivity index (χ1n) is 33.2. The Balaban J connectivity index is -0.0000000310. The van der Waals surface area contributed by atoms with Gasteiger partial charge in [-0.3, -0.25) is 0 Å². The molecule has 0 unspecified atom stereocenters. The molecule has 0 aromatic heterocycles. The van der Waals surface area contributed by atoms with Gasteiger partial charge in [0.2, 0.25) is 16.6 Å². The molecule has 0 spiro atoms. The molecule has 726 valence electrons. The highest BCUT2D eigenvalue weighted by Gasteiger charge is 2.33. The molecule has 22 heteroatoms. The van der Waals surface area contributed by atoms with Crippen LogP contribution in [0.3, 0.4) is 0 Å². The van der Waals surface area contributed by atoms with Crippen molar-refractivity contribution in [1.29, 1.82) is 0 Å². The Morgan fingerprint density at radius 2 is 0.212 bits per heavy atom. The lowest BCUT2D eigenvalue weighted by atomic mass is 10.4. The summed E-state index contributed by atoms with van der Waals surface area (Å²) in [5, 5.41) is 7.94. The van der Waals surface area contributed by atoms with Gasteiger partial charge in [0, 0.05) is 78.2 Å². The van der Waals surface area contributed by atoms with Gasteiger partial charge in [-0.1, -0.05) is 345 Å². The van der Waals surface area contributed by atoms with Gasteiger partial charge in [-0.25, -0.2) is 0 Å². The molecule has 6 aromatic carbocycles. The maximum Gasteiger partial charge on any atom is 0.252 e. The molecule has 0 aliphatic carbocycles. The van der Waals surface area contributed by atoms with E-state index in [2.05, 4.69) is 322 Å². The first kappa shape index (κ1) is 193. The molecule has 0 heterocycles. The molecule has 0 bridgehead atoms. The Kier molecular flexibility index (Phi) is 161. The Labute approximate surface area is 766 Å². The summed E-state index contributed by atoms with van der Waals surface area (Å²) >= 11 is 0. The van der Waals surface area contributed by atoms with E-state index in [4.69, 9.17) is 48.7 Å². The predicted molar refractivity (Wildman–Crippen MR) is 603 cm³/mol. The monoisotopic (exact) mass is 1870 g/mol. The van der Waals surface area contributed by atoms with Gasteiger partial charge in [-0.15, -0.1) is 0 Å². The Bertz CT molecular complexity index is 2360. The van der Waals surface area contributed by atoms with Gasteiger partial charge in [-0.2, -0.15) is 0 Å². The Hall–Kier alpha value is -2.73. The SMILES string of the molecule is C.C.C.C.C.C.C.C.C.C.C.C.C.C.C.C.C.C.C.C.C.C.CO[Si](C)(C)C.CO[Si](C)(C)C.CO[Si](C)(C)C.CO[Si](C)(C)C.CO[Si](C)(C)C.CO[Si](C)(C)C.CO[Si](C)(C)C.CO[Si](C)(C)c1ccccc1.CO[Si](C)(C)c1ccccc1.CO[Si](C)(c1ccccc1)c1ccccc1.CO[Si](C)(c1ccccc1)c1ccccc1. The van der Waals surface area contributed by atoms with Crippen LogP contribution < -0.4 is 31.1 Å². The summed E-state index contributed by atoms with van der Waals surface area (Å²) in [4.78, 5) is 0. The second-order valence-electron chi connectivity index (χ2n) is 30.3. The van der Waals surface area contributed by atoms with Crippen molar-refractivity contribution >= 4 is 123 Å². The number of rotatable bonds is 17. The molecule has 0 radical (unpaired) electrons. The summed E-state index contributed by atoms with van der Waals surface area (Å²) in [7, 11) is 4.62. The zero-order valence-electron chi connectivity index (χ0n) is 68.3. The Morgan fingerprint density at radius 3 is 0.280 bits per heavy atom. The van der Waals surface area contributed by atoms with Crippen LogP contribution in [0.4, 0.5) is 0 Å². The molecule has 0 saturated carbocycles. The van der Waals surface area contributed by atoms with E-state index < -0.39 is 91.5 Å². The highest BCUT2D eigenvalue weighted by Crippen LogP contribution is 2.09. The highest BCUT2D eigenvalue weighted by molar-refractivity contribution is 6.97. The van der Waals surface area contributed by atoms with Crippen LogP contribution in [-0.4, -0.2) is 170 Å². The molecule has 6 rings (SSSR count). The normalized spacial score (nSPS) is 9.51. The molecule has 0 N–H and O–H groups in total. The van der Waals surface area contributed by atoms with Gasteiger partial charge in [-0.05, 0) is 208 Å². The van der Waals surface area contributed by atoms with Crippen LogP contribution in [0.1, 0.15) is 163 Å². The van der Waals surface area contributed by atoms with Crippen LogP contribution in [-0.2, 0) is 48.7 Å². The molecule has 6 aromatic rings. The lowest BCUT2D eigenvalue weighted by molar-refractivity contribution is 0.410. The van der Waals surface area contributed by atoms with Crippen molar-refractivity contribution in [3.05, 3.63) is 182 Å². The average molecular weight is 1870 g/mol. The van der Waals surface area contributed by atoms with Gasteiger partial charge >= 0.3 is 0 Å². The third kappa shape index (κ3) is 109. The third-order valence-electron chi connectivity index (χ3n) is 14.4. The number of hydrogen-bond donors (Lipinski definition) is 0. The molecule has 0 atom stereocenters. The number of benzene rings is 6. The first-order chi connectivity index (χ1) is 43.8. The summed E-state index contributed by atoms with van der Waals surface area (Å²) in [6, 6.07) is 62.8. The predicted octanol–water partition coefficient (Wildman–Crippen LogP) is 31.8. The van der Waals surface area contributed by atoms with E-state index in [0.717, 1.165) is 0 Å². The fourth-order valence-electron chi connectivity index (χ4n) is 5.74. The van der Waals surface area contributed by atoms with Gasteiger partial charge in [0.15, 0.2) is 58.2 Å². The topological polar surface area (TPSA) is 102 Å². The summed E-state index contributed by atoms with van der Waals surface area (Å²) in [6.45, 7) is 58.6. The summed E-state index contributed by atoms with van der Waals surface area (Å²) in [5.74, 6) is 0. The molecule has 118 heavy (non-hydrogen) atoms. The van der Waals surface area contributed by atoms with Crippen molar-refractivity contribution < 1.29 is 48.7 Å². The lowest BCUT2D eigenvalue weighted by Crippen LogP contribution is -2.57. The van der Waals surface area contributed by atoms with Crippen LogP contribution in [0.2, 0.25) is 177 Å². The highest BCUT2D eigenvalue weighted by atomic mass is 28.4. The fraction of sp³-hybridized carbons (Fsp3) is 0.625. The first-order valence-corrected chi connectivity index (χ1v) is 67.7. The molecule has 0 fully saturated rings. The second-order valence-corrected chi connectivity index (χ2v) is 78.0. The molecule has 0 aliphatic rings. The fourth-order valence-corrected chi connectivity index (χ4v) is 13.1. The van der Waals surface area contributed by atoms with E-state index in [-0.39, 0.29) is 163 Å². The van der Waals surface area contributed by atoms with E-state index in [1.165, 1.54) is 31.1 Å². The van der Waals surface area contributed by atoms with Crippen LogP contribution in [0.15, 0.2) is 182 Å². The number of hydrogen-bond acceptors (Lipinski definition) is 11. The van der Waals surface area contributed by atoms with E-state index in [1.807, 2.05) is 50.6 Å². The van der Waals surface area contributed by atoms with Crippen LogP contribution >= 0.6 is 0 Å². The lowest BCUT2D eigenvalue weighted by Gasteiger charge is -2.26. The van der Waals surface area contributed by atoms with Gasteiger partial charge in [0.05, 0.1) is 0 Å².